The number of H-pyrrole nitrogens is 1. The summed E-state index contributed by atoms with van der Waals surface area (Å²) >= 11 is 6.07. The van der Waals surface area contributed by atoms with E-state index in [1.807, 2.05) is 61.5 Å². The molecule has 0 bridgehead atoms. The molecule has 4 rings (SSSR count). The predicted octanol–water partition coefficient (Wildman–Crippen LogP) is 5.16. The Labute approximate surface area is 172 Å². The molecule has 0 fully saturated rings. The van der Waals surface area contributed by atoms with Crippen LogP contribution >= 0.6 is 11.6 Å². The Morgan fingerprint density at radius 3 is 2.66 bits per heavy atom. The molecule has 2 aromatic heterocycles. The summed E-state index contributed by atoms with van der Waals surface area (Å²) < 4.78 is 0. The molecule has 0 radical (unpaired) electrons. The fourth-order valence-corrected chi connectivity index (χ4v) is 3.16. The fraction of sp³-hybridized carbons (Fsp3) is 0.0952. The first kappa shape index (κ1) is 18.8. The van der Waals surface area contributed by atoms with Crippen LogP contribution in [0.4, 0.5) is 22.0 Å². The number of carbonyl (C=O) groups is 1. The number of fused-ring (bicyclic) bond motifs is 1. The van der Waals surface area contributed by atoms with Gasteiger partial charge in [-0.05, 0) is 48.9 Å². The van der Waals surface area contributed by atoms with E-state index < -0.39 is 0 Å². The van der Waals surface area contributed by atoms with Gasteiger partial charge in [-0.2, -0.15) is 0 Å². The van der Waals surface area contributed by atoms with Gasteiger partial charge in [0.25, 0.3) is 0 Å². The van der Waals surface area contributed by atoms with Gasteiger partial charge in [0.1, 0.15) is 17.8 Å². The van der Waals surface area contributed by atoms with Gasteiger partial charge < -0.3 is 20.9 Å². The van der Waals surface area contributed by atoms with E-state index in [2.05, 4.69) is 30.9 Å². The van der Waals surface area contributed by atoms with E-state index in [0.717, 1.165) is 33.7 Å². The second kappa shape index (κ2) is 8.20. The van der Waals surface area contributed by atoms with E-state index in [9.17, 15) is 4.79 Å². The molecule has 0 aliphatic rings. The van der Waals surface area contributed by atoms with Crippen LogP contribution in [0.3, 0.4) is 0 Å². The molecule has 2 amide bonds. The van der Waals surface area contributed by atoms with Crippen LogP contribution in [-0.2, 0) is 0 Å². The Morgan fingerprint density at radius 2 is 1.90 bits per heavy atom. The third-order valence-corrected chi connectivity index (χ3v) is 4.54. The van der Waals surface area contributed by atoms with E-state index in [4.69, 9.17) is 11.6 Å². The van der Waals surface area contributed by atoms with Crippen molar-refractivity contribution in [1.82, 2.24) is 20.3 Å². The molecule has 0 aliphatic heterocycles. The third kappa shape index (κ3) is 4.30. The van der Waals surface area contributed by atoms with Crippen molar-refractivity contribution in [3.8, 4) is 11.3 Å². The van der Waals surface area contributed by atoms with Crippen molar-refractivity contribution in [1.29, 1.82) is 0 Å². The minimum Gasteiger partial charge on any atom is -0.340 e. The van der Waals surface area contributed by atoms with Gasteiger partial charge in [-0.15, -0.1) is 0 Å². The van der Waals surface area contributed by atoms with Gasteiger partial charge in [0.05, 0.1) is 5.39 Å². The van der Waals surface area contributed by atoms with Gasteiger partial charge >= 0.3 is 6.03 Å². The number of carbonyl (C=O) groups excluding carboxylic acids is 1. The normalized spacial score (nSPS) is 10.7. The molecule has 0 aliphatic carbocycles. The van der Waals surface area contributed by atoms with Gasteiger partial charge in [0.2, 0.25) is 0 Å². The van der Waals surface area contributed by atoms with E-state index in [1.165, 1.54) is 6.33 Å². The first-order valence-electron chi connectivity index (χ1n) is 9.14. The lowest BCUT2D eigenvalue weighted by atomic mass is 10.1. The molecule has 7 nitrogen and oxygen atoms in total. The van der Waals surface area contributed by atoms with Gasteiger partial charge in [-0.25, -0.2) is 14.8 Å². The van der Waals surface area contributed by atoms with Crippen LogP contribution in [0, 0.1) is 0 Å². The van der Waals surface area contributed by atoms with Gasteiger partial charge in [0, 0.05) is 28.6 Å². The Bertz CT molecular complexity index is 1160. The number of aromatic amines is 1. The highest BCUT2D eigenvalue weighted by Crippen LogP contribution is 2.29. The van der Waals surface area contributed by atoms with Crippen LogP contribution in [0.1, 0.15) is 6.92 Å². The number of aromatic nitrogens is 3. The second-order valence-electron chi connectivity index (χ2n) is 6.36. The number of nitrogens with zero attached hydrogens (tertiary/aromatic N) is 2. The molecule has 146 valence electrons. The molecular weight excluding hydrogens is 388 g/mol. The average molecular weight is 407 g/mol. The summed E-state index contributed by atoms with van der Waals surface area (Å²) in [6, 6.07) is 16.8. The Kier molecular flexibility index (Phi) is 5.31. The van der Waals surface area contributed by atoms with Crippen LogP contribution in [-0.4, -0.2) is 27.5 Å². The molecule has 0 spiro atoms. The van der Waals surface area contributed by atoms with Crippen molar-refractivity contribution in [2.45, 2.75) is 6.92 Å². The van der Waals surface area contributed by atoms with Gasteiger partial charge in [-0.3, -0.25) is 0 Å². The number of hydrogen-bond acceptors (Lipinski definition) is 4. The first-order valence-corrected chi connectivity index (χ1v) is 9.52. The minimum absolute atomic E-state index is 0.224. The summed E-state index contributed by atoms with van der Waals surface area (Å²) in [5.41, 5.74) is 4.17. The maximum Gasteiger partial charge on any atom is 0.319 e. The molecular formula is C21H19ClN6O. The largest absolute Gasteiger partial charge is 0.340 e. The Balaban J connectivity index is 1.60. The number of rotatable bonds is 5. The topological polar surface area (TPSA) is 94.7 Å². The van der Waals surface area contributed by atoms with E-state index in [-0.39, 0.29) is 6.03 Å². The molecule has 0 atom stereocenters. The molecule has 2 heterocycles. The lowest BCUT2D eigenvalue weighted by molar-refractivity contribution is 0.252. The maximum absolute atomic E-state index is 11.6. The van der Waals surface area contributed by atoms with Gasteiger partial charge in [0.15, 0.2) is 0 Å². The molecule has 0 unspecified atom stereocenters. The number of benzene rings is 2. The quantitative estimate of drug-likeness (QED) is 0.368. The number of nitrogens with one attached hydrogen (secondary N) is 4. The minimum atomic E-state index is -0.224. The smallest absolute Gasteiger partial charge is 0.319 e. The third-order valence-electron chi connectivity index (χ3n) is 4.30. The molecule has 8 heteroatoms. The van der Waals surface area contributed by atoms with Crippen molar-refractivity contribution in [2.75, 3.05) is 17.2 Å². The van der Waals surface area contributed by atoms with Crippen LogP contribution in [0.15, 0.2) is 60.9 Å². The maximum atomic E-state index is 11.6. The van der Waals surface area contributed by atoms with Crippen molar-refractivity contribution < 1.29 is 4.79 Å². The zero-order chi connectivity index (χ0) is 20.2. The zero-order valence-corrected chi connectivity index (χ0v) is 16.4. The molecule has 2 aromatic carbocycles. The standard InChI is InChI=1S/C21H19ClN6O/c1-2-23-21(29)27-15-8-6-13(7-9-15)18-11-17-19(24-12-25-20(17)28-18)26-16-5-3-4-14(22)10-16/h3-12H,2H2,1H3,(H2,23,27,29)(H2,24,25,26,28). The first-order chi connectivity index (χ1) is 14.1. The second-order valence-corrected chi connectivity index (χ2v) is 6.80. The van der Waals surface area contributed by atoms with Gasteiger partial charge in [-0.1, -0.05) is 29.8 Å². The number of anilines is 3. The summed E-state index contributed by atoms with van der Waals surface area (Å²) in [5, 5.41) is 10.3. The highest BCUT2D eigenvalue weighted by molar-refractivity contribution is 6.30. The summed E-state index contributed by atoms with van der Waals surface area (Å²) in [7, 11) is 0. The molecule has 0 saturated carbocycles. The van der Waals surface area contributed by atoms with E-state index in [0.29, 0.717) is 17.4 Å². The number of halogens is 1. The summed E-state index contributed by atoms with van der Waals surface area (Å²) in [4.78, 5) is 23.6. The predicted molar refractivity (Wildman–Crippen MR) is 117 cm³/mol. The summed E-state index contributed by atoms with van der Waals surface area (Å²) in [5.74, 6) is 0.689. The van der Waals surface area contributed by atoms with Crippen molar-refractivity contribution in [3.05, 3.63) is 65.9 Å². The highest BCUT2D eigenvalue weighted by Gasteiger charge is 2.10. The lowest BCUT2D eigenvalue weighted by Gasteiger charge is -2.06. The zero-order valence-electron chi connectivity index (χ0n) is 15.7. The van der Waals surface area contributed by atoms with Crippen molar-refractivity contribution in [2.24, 2.45) is 0 Å². The summed E-state index contributed by atoms with van der Waals surface area (Å²) in [6.07, 6.45) is 1.51. The van der Waals surface area contributed by atoms with E-state index >= 15 is 0 Å². The van der Waals surface area contributed by atoms with Crippen LogP contribution in [0.5, 0.6) is 0 Å². The SMILES string of the molecule is CCNC(=O)Nc1ccc(-c2cc3c(Nc4cccc(Cl)c4)ncnc3[nH]2)cc1. The molecule has 4 N–H and O–H groups in total. The van der Waals surface area contributed by atoms with Crippen molar-refractivity contribution >= 4 is 45.9 Å². The number of amides is 2. The fourth-order valence-electron chi connectivity index (χ4n) is 2.97. The monoisotopic (exact) mass is 406 g/mol. The molecule has 0 saturated heterocycles. The molecule has 29 heavy (non-hydrogen) atoms. The number of hydrogen-bond donors (Lipinski definition) is 4. The summed E-state index contributed by atoms with van der Waals surface area (Å²) in [6.45, 7) is 2.45. The average Bonchev–Trinajstić information content (AvgIpc) is 3.14. The number of urea groups is 1. The van der Waals surface area contributed by atoms with Crippen LogP contribution < -0.4 is 16.0 Å². The van der Waals surface area contributed by atoms with Crippen molar-refractivity contribution in [3.63, 3.8) is 0 Å². The Hall–Kier alpha value is -3.58. The molecule has 4 aromatic rings. The Morgan fingerprint density at radius 1 is 1.07 bits per heavy atom. The van der Waals surface area contributed by atoms with E-state index in [1.54, 1.807) is 0 Å². The van der Waals surface area contributed by atoms with Crippen LogP contribution in [0.25, 0.3) is 22.3 Å². The highest BCUT2D eigenvalue weighted by atomic mass is 35.5. The van der Waals surface area contributed by atoms with Crippen LogP contribution in [0.2, 0.25) is 5.02 Å². The lowest BCUT2D eigenvalue weighted by Crippen LogP contribution is -2.28.